The molecule has 0 atom stereocenters. The van der Waals surface area contributed by atoms with Crippen molar-refractivity contribution in [1.82, 2.24) is 14.9 Å². The van der Waals surface area contributed by atoms with Gasteiger partial charge in [-0.3, -0.25) is 0 Å². The first-order valence-corrected chi connectivity index (χ1v) is 2.27. The molecule has 0 saturated heterocycles. The van der Waals surface area contributed by atoms with E-state index in [0.717, 1.165) is 0 Å². The summed E-state index contributed by atoms with van der Waals surface area (Å²) in [7, 11) is 0. The van der Waals surface area contributed by atoms with Crippen LogP contribution in [0.4, 0.5) is 0 Å². The van der Waals surface area contributed by atoms with Gasteiger partial charge in [-0.1, -0.05) is 0 Å². The van der Waals surface area contributed by atoms with Crippen molar-refractivity contribution in [3.8, 4) is 0 Å². The Morgan fingerprint density at radius 2 is 2.12 bits per heavy atom. The van der Waals surface area contributed by atoms with Crippen molar-refractivity contribution >= 4 is 6.21 Å². The van der Waals surface area contributed by atoms with E-state index in [0.29, 0.717) is 0 Å². The van der Waals surface area contributed by atoms with Crippen LogP contribution in [0.5, 0.6) is 0 Å². The highest BCUT2D eigenvalue weighted by Gasteiger charge is 1.77. The van der Waals surface area contributed by atoms with Crippen molar-refractivity contribution in [3.05, 3.63) is 12.7 Å². The standard InChI is InChI=1S/C4H6N4/c1-2-7-8-3-5-6-4-8/h2-4H,1H3. The number of hydrogen-bond donors (Lipinski definition) is 0. The molecular formula is C4H6N4. The fraction of sp³-hybridized carbons (Fsp3) is 0.250. The molecule has 0 aliphatic heterocycles. The zero-order valence-corrected chi connectivity index (χ0v) is 4.52. The van der Waals surface area contributed by atoms with Crippen LogP contribution >= 0.6 is 0 Å². The minimum atomic E-state index is 1.53. The molecule has 0 fully saturated rings. The smallest absolute Gasteiger partial charge is 0.141 e. The average molecular weight is 110 g/mol. The van der Waals surface area contributed by atoms with Crippen LogP contribution in [-0.2, 0) is 0 Å². The van der Waals surface area contributed by atoms with Crippen LogP contribution in [0.1, 0.15) is 6.92 Å². The van der Waals surface area contributed by atoms with Crippen molar-refractivity contribution in [2.75, 3.05) is 0 Å². The second-order valence-corrected chi connectivity index (χ2v) is 1.22. The van der Waals surface area contributed by atoms with E-state index < -0.39 is 0 Å². The minimum Gasteiger partial charge on any atom is -0.208 e. The molecule has 0 saturated carbocycles. The zero-order chi connectivity index (χ0) is 5.82. The number of hydrogen-bond acceptors (Lipinski definition) is 3. The maximum absolute atomic E-state index is 3.83. The second-order valence-electron chi connectivity index (χ2n) is 1.22. The largest absolute Gasteiger partial charge is 0.208 e. The summed E-state index contributed by atoms with van der Waals surface area (Å²) in [5.74, 6) is 0. The highest BCUT2D eigenvalue weighted by Crippen LogP contribution is 1.76. The lowest BCUT2D eigenvalue weighted by Crippen LogP contribution is -1.80. The summed E-state index contributed by atoms with van der Waals surface area (Å²) in [6, 6.07) is 0. The van der Waals surface area contributed by atoms with E-state index in [-0.39, 0.29) is 0 Å². The Morgan fingerprint density at radius 1 is 1.50 bits per heavy atom. The molecule has 1 rings (SSSR count). The molecule has 1 aromatic heterocycles. The maximum Gasteiger partial charge on any atom is 0.141 e. The first-order valence-electron chi connectivity index (χ1n) is 2.27. The zero-order valence-electron chi connectivity index (χ0n) is 4.52. The van der Waals surface area contributed by atoms with Crippen LogP contribution in [0, 0.1) is 0 Å². The third-order valence-corrected chi connectivity index (χ3v) is 0.655. The van der Waals surface area contributed by atoms with Gasteiger partial charge in [-0.2, -0.15) is 5.10 Å². The highest BCUT2D eigenvalue weighted by molar-refractivity contribution is 5.52. The maximum atomic E-state index is 3.83. The summed E-state index contributed by atoms with van der Waals surface area (Å²) in [4.78, 5) is 0. The molecule has 8 heavy (non-hydrogen) atoms. The van der Waals surface area contributed by atoms with Crippen LogP contribution in [-0.4, -0.2) is 21.1 Å². The molecule has 0 aliphatic carbocycles. The molecule has 0 radical (unpaired) electrons. The van der Waals surface area contributed by atoms with Gasteiger partial charge >= 0.3 is 0 Å². The molecule has 0 spiro atoms. The summed E-state index contributed by atoms with van der Waals surface area (Å²) >= 11 is 0. The van der Waals surface area contributed by atoms with Crippen LogP contribution in [0.3, 0.4) is 0 Å². The molecule has 0 aromatic carbocycles. The van der Waals surface area contributed by atoms with Crippen LogP contribution in [0.2, 0.25) is 0 Å². The third kappa shape index (κ3) is 0.900. The Hall–Kier alpha value is -1.19. The number of rotatable bonds is 1. The normalized spacial score (nSPS) is 10.6. The Bertz CT molecular complexity index is 164. The third-order valence-electron chi connectivity index (χ3n) is 0.655. The van der Waals surface area contributed by atoms with Crippen molar-refractivity contribution < 1.29 is 0 Å². The molecule has 1 heterocycles. The summed E-state index contributed by atoms with van der Waals surface area (Å²) in [5, 5.41) is 10.9. The van der Waals surface area contributed by atoms with Crippen LogP contribution in [0.15, 0.2) is 17.8 Å². The molecule has 0 aliphatic rings. The van der Waals surface area contributed by atoms with Crippen molar-refractivity contribution in [3.63, 3.8) is 0 Å². The van der Waals surface area contributed by atoms with E-state index in [1.807, 2.05) is 6.92 Å². The summed E-state index contributed by atoms with van der Waals surface area (Å²) < 4.78 is 1.53. The molecule has 0 bridgehead atoms. The lowest BCUT2D eigenvalue weighted by atomic mass is 10.9. The molecule has 0 amide bonds. The Balaban J connectivity index is 2.77. The monoisotopic (exact) mass is 110 g/mol. The Morgan fingerprint density at radius 3 is 2.62 bits per heavy atom. The van der Waals surface area contributed by atoms with E-state index in [9.17, 15) is 0 Å². The molecule has 4 heteroatoms. The molecule has 0 unspecified atom stereocenters. The van der Waals surface area contributed by atoms with Gasteiger partial charge in [0, 0.05) is 6.21 Å². The van der Waals surface area contributed by atoms with E-state index in [1.165, 1.54) is 17.3 Å². The van der Waals surface area contributed by atoms with Gasteiger partial charge in [0.15, 0.2) is 0 Å². The quantitative estimate of drug-likeness (QED) is 0.482. The van der Waals surface area contributed by atoms with Crippen molar-refractivity contribution in [2.45, 2.75) is 6.92 Å². The summed E-state index contributed by atoms with van der Waals surface area (Å²) in [6.07, 6.45) is 4.73. The van der Waals surface area contributed by atoms with Gasteiger partial charge in [0.25, 0.3) is 0 Å². The predicted molar refractivity (Wildman–Crippen MR) is 29.6 cm³/mol. The summed E-state index contributed by atoms with van der Waals surface area (Å²) in [5.41, 5.74) is 0. The molecule has 0 N–H and O–H groups in total. The van der Waals surface area contributed by atoms with Gasteiger partial charge in [-0.15, -0.1) is 10.2 Å². The van der Waals surface area contributed by atoms with Gasteiger partial charge in [0.05, 0.1) is 0 Å². The summed E-state index contributed by atoms with van der Waals surface area (Å²) in [6.45, 7) is 1.83. The molecular weight excluding hydrogens is 104 g/mol. The topological polar surface area (TPSA) is 43.1 Å². The molecule has 4 nitrogen and oxygen atoms in total. The first kappa shape index (κ1) is 4.96. The van der Waals surface area contributed by atoms with E-state index >= 15 is 0 Å². The van der Waals surface area contributed by atoms with E-state index in [1.54, 1.807) is 6.21 Å². The SMILES string of the molecule is CC=Nn1cnnc1. The fourth-order valence-corrected chi connectivity index (χ4v) is 0.388. The van der Waals surface area contributed by atoms with E-state index in [2.05, 4.69) is 15.3 Å². The number of nitrogens with zero attached hydrogens (tertiary/aromatic N) is 4. The van der Waals surface area contributed by atoms with Crippen LogP contribution in [0.25, 0.3) is 0 Å². The Kier molecular flexibility index (Phi) is 1.37. The minimum absolute atomic E-state index is 1.53. The molecule has 42 valence electrons. The highest BCUT2D eigenvalue weighted by atomic mass is 15.4. The fourth-order valence-electron chi connectivity index (χ4n) is 0.388. The van der Waals surface area contributed by atoms with Gasteiger partial charge in [0.1, 0.15) is 12.7 Å². The Labute approximate surface area is 46.9 Å². The van der Waals surface area contributed by atoms with Crippen LogP contribution < -0.4 is 0 Å². The van der Waals surface area contributed by atoms with Gasteiger partial charge in [-0.05, 0) is 6.92 Å². The van der Waals surface area contributed by atoms with Crippen molar-refractivity contribution in [1.29, 1.82) is 0 Å². The van der Waals surface area contributed by atoms with E-state index in [4.69, 9.17) is 0 Å². The van der Waals surface area contributed by atoms with Gasteiger partial charge < -0.3 is 0 Å². The second kappa shape index (κ2) is 2.20. The molecule has 1 aromatic rings. The average Bonchev–Trinajstić information content (AvgIpc) is 2.19. The van der Waals surface area contributed by atoms with Gasteiger partial charge in [0.2, 0.25) is 0 Å². The first-order chi connectivity index (χ1) is 3.93. The van der Waals surface area contributed by atoms with Gasteiger partial charge in [-0.25, -0.2) is 4.68 Å². The van der Waals surface area contributed by atoms with Crippen molar-refractivity contribution in [2.24, 2.45) is 5.10 Å². The predicted octanol–water partition coefficient (Wildman–Crippen LogP) is 0.132. The lowest BCUT2D eigenvalue weighted by Gasteiger charge is -1.81. The lowest BCUT2D eigenvalue weighted by molar-refractivity contribution is 0.877. The number of aromatic nitrogens is 3.